The second-order valence-corrected chi connectivity index (χ2v) is 5.83. The van der Waals surface area contributed by atoms with Crippen molar-refractivity contribution in [2.45, 2.75) is 19.9 Å². The van der Waals surface area contributed by atoms with Crippen LogP contribution >= 0.6 is 0 Å². The number of rotatable bonds is 5. The van der Waals surface area contributed by atoms with Gasteiger partial charge in [-0.1, -0.05) is 22.9 Å². The summed E-state index contributed by atoms with van der Waals surface area (Å²) >= 11 is 0. The Morgan fingerprint density at radius 2 is 2.14 bits per heavy atom. The van der Waals surface area contributed by atoms with Crippen LogP contribution < -0.4 is 5.32 Å². The zero-order valence-corrected chi connectivity index (χ0v) is 12.7. The Morgan fingerprint density at radius 3 is 2.90 bits per heavy atom. The highest BCUT2D eigenvalue weighted by atomic mass is 16.5. The molecule has 3 rings (SSSR count). The Bertz CT molecular complexity index is 578. The largest absolute Gasteiger partial charge is 0.334 e. The van der Waals surface area contributed by atoms with Gasteiger partial charge in [0, 0.05) is 12.1 Å². The van der Waals surface area contributed by atoms with Gasteiger partial charge in [-0.3, -0.25) is 4.90 Å². The first kappa shape index (κ1) is 14.2. The Hall–Kier alpha value is -1.72. The van der Waals surface area contributed by atoms with Crippen LogP contribution in [0.25, 0.3) is 11.5 Å². The van der Waals surface area contributed by atoms with Gasteiger partial charge in [0.15, 0.2) is 5.82 Å². The average molecular weight is 286 g/mol. The first-order valence-corrected chi connectivity index (χ1v) is 7.51. The lowest BCUT2D eigenvalue weighted by Gasteiger charge is -2.13. The lowest BCUT2D eigenvalue weighted by atomic mass is 10.1. The molecule has 0 spiro atoms. The molecule has 2 heterocycles. The highest BCUT2D eigenvalue weighted by molar-refractivity contribution is 5.53. The van der Waals surface area contributed by atoms with E-state index in [2.05, 4.69) is 39.4 Å². The van der Waals surface area contributed by atoms with Crippen LogP contribution in [0, 0.1) is 12.8 Å². The van der Waals surface area contributed by atoms with Crippen molar-refractivity contribution >= 4 is 0 Å². The Kier molecular flexibility index (Phi) is 4.31. The first-order chi connectivity index (χ1) is 10.2. The zero-order chi connectivity index (χ0) is 14.7. The summed E-state index contributed by atoms with van der Waals surface area (Å²) in [5, 5.41) is 7.35. The molecule has 0 radical (unpaired) electrons. The SMILES string of the molecule is CNCC1CCN(Cc2noc(-c3ccc(C)cc3)n2)C1. The third-order valence-electron chi connectivity index (χ3n) is 3.99. The van der Waals surface area contributed by atoms with E-state index >= 15 is 0 Å². The van der Waals surface area contributed by atoms with Crippen molar-refractivity contribution < 1.29 is 4.52 Å². The number of hydrogen-bond acceptors (Lipinski definition) is 5. The maximum atomic E-state index is 5.38. The molecule has 1 N–H and O–H groups in total. The predicted molar refractivity (Wildman–Crippen MR) is 81.8 cm³/mol. The van der Waals surface area contributed by atoms with Crippen molar-refractivity contribution in [3.63, 3.8) is 0 Å². The Labute approximate surface area is 125 Å². The van der Waals surface area contributed by atoms with Gasteiger partial charge >= 0.3 is 0 Å². The lowest BCUT2D eigenvalue weighted by Crippen LogP contribution is -2.24. The van der Waals surface area contributed by atoms with Gasteiger partial charge in [-0.25, -0.2) is 0 Å². The molecule has 5 nitrogen and oxygen atoms in total. The number of aromatic nitrogens is 2. The predicted octanol–water partition coefficient (Wildman–Crippen LogP) is 2.09. The van der Waals surface area contributed by atoms with Crippen molar-refractivity contribution in [3.05, 3.63) is 35.7 Å². The number of nitrogens with zero attached hydrogens (tertiary/aromatic N) is 3. The summed E-state index contributed by atoms with van der Waals surface area (Å²) < 4.78 is 5.38. The Balaban J connectivity index is 1.62. The van der Waals surface area contributed by atoms with E-state index in [-0.39, 0.29) is 0 Å². The van der Waals surface area contributed by atoms with Gasteiger partial charge < -0.3 is 9.84 Å². The number of benzene rings is 1. The standard InChI is InChI=1S/C16H22N4O/c1-12-3-5-14(6-4-12)16-18-15(19-21-16)11-20-8-7-13(10-20)9-17-2/h3-6,13,17H,7-11H2,1-2H3. The summed E-state index contributed by atoms with van der Waals surface area (Å²) in [4.78, 5) is 6.90. The summed E-state index contributed by atoms with van der Waals surface area (Å²) in [7, 11) is 2.01. The normalized spacial score (nSPS) is 19.2. The first-order valence-electron chi connectivity index (χ1n) is 7.51. The fourth-order valence-corrected chi connectivity index (χ4v) is 2.84. The fourth-order valence-electron chi connectivity index (χ4n) is 2.84. The molecule has 0 bridgehead atoms. The van der Waals surface area contributed by atoms with Crippen LogP contribution in [0.15, 0.2) is 28.8 Å². The molecule has 1 unspecified atom stereocenters. The molecule has 1 aromatic heterocycles. The van der Waals surface area contributed by atoms with E-state index in [4.69, 9.17) is 4.52 Å². The molecule has 112 valence electrons. The summed E-state index contributed by atoms with van der Waals surface area (Å²) in [5.41, 5.74) is 2.21. The second kappa shape index (κ2) is 6.37. The highest BCUT2D eigenvalue weighted by Gasteiger charge is 2.23. The van der Waals surface area contributed by atoms with E-state index in [0.29, 0.717) is 5.89 Å². The molecule has 21 heavy (non-hydrogen) atoms. The monoisotopic (exact) mass is 286 g/mol. The van der Waals surface area contributed by atoms with E-state index in [0.717, 1.165) is 43.5 Å². The van der Waals surface area contributed by atoms with Gasteiger partial charge in [0.25, 0.3) is 5.89 Å². The van der Waals surface area contributed by atoms with E-state index in [9.17, 15) is 0 Å². The van der Waals surface area contributed by atoms with Crippen LogP contribution in [-0.2, 0) is 6.54 Å². The maximum Gasteiger partial charge on any atom is 0.257 e. The molecule has 0 amide bonds. The summed E-state index contributed by atoms with van der Waals surface area (Å²) in [6.07, 6.45) is 1.24. The molecule has 1 aliphatic rings. The Morgan fingerprint density at radius 1 is 1.33 bits per heavy atom. The molecule has 2 aromatic rings. The molecule has 1 fully saturated rings. The number of nitrogens with one attached hydrogen (secondary N) is 1. The molecule has 1 aliphatic heterocycles. The summed E-state index contributed by atoms with van der Waals surface area (Å²) in [6, 6.07) is 8.15. The van der Waals surface area contributed by atoms with Gasteiger partial charge in [-0.15, -0.1) is 0 Å². The van der Waals surface area contributed by atoms with Gasteiger partial charge in [-0.2, -0.15) is 4.98 Å². The van der Waals surface area contributed by atoms with Gasteiger partial charge in [-0.05, 0) is 51.5 Å². The average Bonchev–Trinajstić information content (AvgIpc) is 3.11. The molecular formula is C16H22N4O. The second-order valence-electron chi connectivity index (χ2n) is 5.83. The van der Waals surface area contributed by atoms with E-state index in [1.165, 1.54) is 12.0 Å². The van der Waals surface area contributed by atoms with Crippen LogP contribution in [0.2, 0.25) is 0 Å². The fraction of sp³-hybridized carbons (Fsp3) is 0.500. The van der Waals surface area contributed by atoms with Gasteiger partial charge in [0.1, 0.15) is 0 Å². The molecular weight excluding hydrogens is 264 g/mol. The van der Waals surface area contributed by atoms with Crippen molar-refractivity contribution in [1.82, 2.24) is 20.4 Å². The lowest BCUT2D eigenvalue weighted by molar-refractivity contribution is 0.299. The zero-order valence-electron chi connectivity index (χ0n) is 12.7. The van der Waals surface area contributed by atoms with Crippen molar-refractivity contribution in [1.29, 1.82) is 0 Å². The van der Waals surface area contributed by atoms with Crippen molar-refractivity contribution in [3.8, 4) is 11.5 Å². The van der Waals surface area contributed by atoms with Crippen LogP contribution in [0.5, 0.6) is 0 Å². The smallest absolute Gasteiger partial charge is 0.257 e. The third-order valence-corrected chi connectivity index (χ3v) is 3.99. The highest BCUT2D eigenvalue weighted by Crippen LogP contribution is 2.20. The van der Waals surface area contributed by atoms with Crippen LogP contribution in [0.1, 0.15) is 17.8 Å². The number of aryl methyl sites for hydroxylation is 1. The third kappa shape index (κ3) is 3.49. The van der Waals surface area contributed by atoms with Crippen LogP contribution in [-0.4, -0.2) is 41.7 Å². The molecule has 1 aromatic carbocycles. The number of hydrogen-bond donors (Lipinski definition) is 1. The summed E-state index contributed by atoms with van der Waals surface area (Å²) in [5.74, 6) is 2.12. The molecule has 0 aliphatic carbocycles. The number of likely N-dealkylation sites (tertiary alicyclic amines) is 1. The molecule has 0 saturated carbocycles. The molecule has 5 heteroatoms. The van der Waals surface area contributed by atoms with Crippen molar-refractivity contribution in [2.24, 2.45) is 5.92 Å². The van der Waals surface area contributed by atoms with Gasteiger partial charge in [0.2, 0.25) is 0 Å². The maximum absolute atomic E-state index is 5.38. The minimum absolute atomic E-state index is 0.607. The van der Waals surface area contributed by atoms with E-state index in [1.807, 2.05) is 19.2 Å². The molecule has 1 saturated heterocycles. The van der Waals surface area contributed by atoms with Crippen molar-refractivity contribution in [2.75, 3.05) is 26.7 Å². The van der Waals surface area contributed by atoms with E-state index in [1.54, 1.807) is 0 Å². The molecule has 1 atom stereocenters. The minimum atomic E-state index is 0.607. The van der Waals surface area contributed by atoms with Crippen LogP contribution in [0.3, 0.4) is 0 Å². The topological polar surface area (TPSA) is 54.2 Å². The van der Waals surface area contributed by atoms with Gasteiger partial charge in [0.05, 0.1) is 6.54 Å². The summed E-state index contributed by atoms with van der Waals surface area (Å²) in [6.45, 7) is 6.14. The quantitative estimate of drug-likeness (QED) is 0.912. The minimum Gasteiger partial charge on any atom is -0.334 e. The van der Waals surface area contributed by atoms with Crippen LogP contribution in [0.4, 0.5) is 0 Å². The van der Waals surface area contributed by atoms with E-state index < -0.39 is 0 Å².